The molecule has 0 aliphatic rings. The molecule has 0 fully saturated rings. The van der Waals surface area contributed by atoms with E-state index in [0.717, 1.165) is 0 Å². The standard InChI is InChI=1S/C12H8BrN5O2/c13-11-9(3-4-20-11)12(19)17-8-1-2-10(15-5-8)18-7-14-6-16-18/h1-7H,(H,17,19). The molecule has 0 bridgehead atoms. The molecule has 3 heterocycles. The number of carbonyl (C=O) groups is 1. The maximum absolute atomic E-state index is 12.0. The van der Waals surface area contributed by atoms with Gasteiger partial charge in [-0.25, -0.2) is 14.6 Å². The SMILES string of the molecule is O=C(Nc1ccc(-n2cncn2)nc1)c1ccoc1Br. The molecule has 0 aliphatic carbocycles. The highest BCUT2D eigenvalue weighted by atomic mass is 79.9. The Balaban J connectivity index is 1.76. The van der Waals surface area contributed by atoms with Crippen molar-refractivity contribution >= 4 is 27.5 Å². The highest BCUT2D eigenvalue weighted by molar-refractivity contribution is 9.10. The Hall–Kier alpha value is -2.48. The van der Waals surface area contributed by atoms with E-state index in [-0.39, 0.29) is 5.91 Å². The second-order valence-electron chi connectivity index (χ2n) is 3.81. The third-order valence-corrected chi connectivity index (χ3v) is 3.14. The highest BCUT2D eigenvalue weighted by Gasteiger charge is 2.12. The number of pyridine rings is 1. The first-order valence-corrected chi connectivity index (χ1v) is 6.39. The third kappa shape index (κ3) is 2.45. The van der Waals surface area contributed by atoms with Gasteiger partial charge >= 0.3 is 0 Å². The van der Waals surface area contributed by atoms with Gasteiger partial charge in [0, 0.05) is 0 Å². The summed E-state index contributed by atoms with van der Waals surface area (Å²) >= 11 is 3.16. The summed E-state index contributed by atoms with van der Waals surface area (Å²) in [6.45, 7) is 0. The monoisotopic (exact) mass is 333 g/mol. The lowest BCUT2D eigenvalue weighted by molar-refractivity contribution is 0.102. The molecule has 0 spiro atoms. The predicted molar refractivity (Wildman–Crippen MR) is 73.5 cm³/mol. The van der Waals surface area contributed by atoms with E-state index >= 15 is 0 Å². The second kappa shape index (κ2) is 5.25. The van der Waals surface area contributed by atoms with Crippen molar-refractivity contribution in [2.45, 2.75) is 0 Å². The lowest BCUT2D eigenvalue weighted by Gasteiger charge is -2.04. The van der Waals surface area contributed by atoms with E-state index in [2.05, 4.69) is 36.3 Å². The van der Waals surface area contributed by atoms with Gasteiger partial charge in [-0.1, -0.05) is 0 Å². The zero-order valence-electron chi connectivity index (χ0n) is 10.0. The molecule has 0 aromatic carbocycles. The van der Waals surface area contributed by atoms with Crippen LogP contribution in [0.1, 0.15) is 10.4 Å². The van der Waals surface area contributed by atoms with Crippen molar-refractivity contribution in [3.05, 3.63) is 53.5 Å². The van der Waals surface area contributed by atoms with Gasteiger partial charge in [0.05, 0.1) is 23.7 Å². The van der Waals surface area contributed by atoms with E-state index in [1.807, 2.05) is 0 Å². The van der Waals surface area contributed by atoms with Crippen molar-refractivity contribution in [1.82, 2.24) is 19.7 Å². The molecule has 3 aromatic heterocycles. The number of nitrogens with one attached hydrogen (secondary N) is 1. The summed E-state index contributed by atoms with van der Waals surface area (Å²) in [6, 6.07) is 5.04. The molecule has 8 heteroatoms. The molecule has 0 atom stereocenters. The molecule has 1 N–H and O–H groups in total. The largest absolute Gasteiger partial charge is 0.457 e. The van der Waals surface area contributed by atoms with E-state index in [1.54, 1.807) is 30.7 Å². The molecule has 3 aromatic rings. The summed E-state index contributed by atoms with van der Waals surface area (Å²) in [7, 11) is 0. The van der Waals surface area contributed by atoms with Crippen molar-refractivity contribution in [2.75, 3.05) is 5.32 Å². The van der Waals surface area contributed by atoms with E-state index in [9.17, 15) is 4.79 Å². The molecule has 0 unspecified atom stereocenters. The van der Waals surface area contributed by atoms with Crippen LogP contribution in [0.25, 0.3) is 5.82 Å². The molecule has 100 valence electrons. The lowest BCUT2D eigenvalue weighted by Crippen LogP contribution is -2.12. The van der Waals surface area contributed by atoms with Crippen molar-refractivity contribution in [2.24, 2.45) is 0 Å². The van der Waals surface area contributed by atoms with E-state index < -0.39 is 0 Å². The zero-order valence-corrected chi connectivity index (χ0v) is 11.6. The fourth-order valence-corrected chi connectivity index (χ4v) is 2.00. The number of furan rings is 1. The molecule has 1 amide bonds. The van der Waals surface area contributed by atoms with Crippen molar-refractivity contribution in [3.8, 4) is 5.82 Å². The summed E-state index contributed by atoms with van der Waals surface area (Å²) < 4.78 is 6.93. The van der Waals surface area contributed by atoms with Crippen LogP contribution in [0.15, 0.2) is 52.4 Å². The molecule has 20 heavy (non-hydrogen) atoms. The summed E-state index contributed by atoms with van der Waals surface area (Å²) in [6.07, 6.45) is 5.95. The first kappa shape index (κ1) is 12.5. The molecular formula is C12H8BrN5O2. The minimum atomic E-state index is -0.277. The van der Waals surface area contributed by atoms with Crippen LogP contribution in [0, 0.1) is 0 Å². The average molecular weight is 334 g/mol. The van der Waals surface area contributed by atoms with Gasteiger partial charge in [-0.15, -0.1) is 0 Å². The number of nitrogens with zero attached hydrogens (tertiary/aromatic N) is 4. The topological polar surface area (TPSA) is 85.8 Å². The van der Waals surface area contributed by atoms with Crippen LogP contribution in [-0.2, 0) is 0 Å². The Kier molecular flexibility index (Phi) is 3.30. The van der Waals surface area contributed by atoms with Gasteiger partial charge in [-0.05, 0) is 34.1 Å². The van der Waals surface area contributed by atoms with E-state index in [1.165, 1.54) is 17.3 Å². The lowest BCUT2D eigenvalue weighted by atomic mass is 10.3. The Labute approximate surface area is 121 Å². The van der Waals surface area contributed by atoms with Gasteiger partial charge in [0.25, 0.3) is 5.91 Å². The summed E-state index contributed by atoms with van der Waals surface area (Å²) in [5, 5.41) is 6.69. The molecule has 7 nitrogen and oxygen atoms in total. The van der Waals surface area contributed by atoms with Gasteiger partial charge in [0.2, 0.25) is 0 Å². The molecule has 0 saturated heterocycles. The molecule has 3 rings (SSSR count). The zero-order chi connectivity index (χ0) is 13.9. The van der Waals surface area contributed by atoms with Gasteiger partial charge in [0.1, 0.15) is 12.7 Å². The van der Waals surface area contributed by atoms with Crippen LogP contribution < -0.4 is 5.32 Å². The Bertz CT molecular complexity index is 721. The van der Waals surface area contributed by atoms with Gasteiger partial charge < -0.3 is 9.73 Å². The van der Waals surface area contributed by atoms with E-state index in [0.29, 0.717) is 21.7 Å². The normalized spacial score (nSPS) is 10.4. The molecule has 0 saturated carbocycles. The van der Waals surface area contributed by atoms with Gasteiger partial charge in [-0.3, -0.25) is 4.79 Å². The number of aromatic nitrogens is 4. The van der Waals surface area contributed by atoms with Crippen LogP contribution in [0.3, 0.4) is 0 Å². The fourth-order valence-electron chi connectivity index (χ4n) is 1.58. The van der Waals surface area contributed by atoms with Gasteiger partial charge in [0.15, 0.2) is 10.5 Å². The minimum absolute atomic E-state index is 0.277. The first-order chi connectivity index (χ1) is 9.74. The maximum Gasteiger partial charge on any atom is 0.260 e. The summed E-state index contributed by atoms with van der Waals surface area (Å²) in [5.41, 5.74) is 0.998. The summed E-state index contributed by atoms with van der Waals surface area (Å²) in [4.78, 5) is 20.0. The number of hydrogen-bond acceptors (Lipinski definition) is 5. The number of halogens is 1. The van der Waals surface area contributed by atoms with Crippen LogP contribution >= 0.6 is 15.9 Å². The average Bonchev–Trinajstić information content (AvgIpc) is 3.10. The quantitative estimate of drug-likeness (QED) is 0.794. The van der Waals surface area contributed by atoms with Crippen LogP contribution in [0.4, 0.5) is 5.69 Å². The van der Waals surface area contributed by atoms with Crippen LogP contribution in [0.2, 0.25) is 0 Å². The predicted octanol–water partition coefficient (Wildman–Crippen LogP) is 2.27. The van der Waals surface area contributed by atoms with Crippen LogP contribution in [0.5, 0.6) is 0 Å². The highest BCUT2D eigenvalue weighted by Crippen LogP contribution is 2.19. The van der Waals surface area contributed by atoms with Crippen molar-refractivity contribution in [1.29, 1.82) is 0 Å². The Morgan fingerprint density at radius 3 is 2.85 bits per heavy atom. The number of amides is 1. The second-order valence-corrected chi connectivity index (χ2v) is 4.53. The summed E-state index contributed by atoms with van der Waals surface area (Å²) in [5.74, 6) is 0.339. The number of anilines is 1. The maximum atomic E-state index is 12.0. The number of carbonyl (C=O) groups excluding carboxylic acids is 1. The molecular weight excluding hydrogens is 326 g/mol. The molecule has 0 radical (unpaired) electrons. The smallest absolute Gasteiger partial charge is 0.260 e. The van der Waals surface area contributed by atoms with Gasteiger partial charge in [-0.2, -0.15) is 5.10 Å². The first-order valence-electron chi connectivity index (χ1n) is 5.59. The van der Waals surface area contributed by atoms with Crippen molar-refractivity contribution in [3.63, 3.8) is 0 Å². The fraction of sp³-hybridized carbons (Fsp3) is 0. The Morgan fingerprint density at radius 2 is 2.25 bits per heavy atom. The van der Waals surface area contributed by atoms with Crippen LogP contribution in [-0.4, -0.2) is 25.7 Å². The van der Waals surface area contributed by atoms with Crippen molar-refractivity contribution < 1.29 is 9.21 Å². The number of hydrogen-bond donors (Lipinski definition) is 1. The number of rotatable bonds is 3. The third-order valence-electron chi connectivity index (χ3n) is 2.52. The Morgan fingerprint density at radius 1 is 1.35 bits per heavy atom. The van der Waals surface area contributed by atoms with E-state index in [4.69, 9.17) is 4.42 Å². The molecule has 0 aliphatic heterocycles. The minimum Gasteiger partial charge on any atom is -0.457 e.